The van der Waals surface area contributed by atoms with Crippen molar-refractivity contribution >= 4 is 11.4 Å². The minimum absolute atomic E-state index is 0.00910. The Morgan fingerprint density at radius 1 is 0.649 bits per heavy atom. The second kappa shape index (κ2) is 8.04. The van der Waals surface area contributed by atoms with Crippen molar-refractivity contribution in [2.45, 2.75) is 56.5 Å². The molecule has 4 N–H and O–H groups in total. The molecule has 0 aromatic heterocycles. The van der Waals surface area contributed by atoms with E-state index in [4.69, 9.17) is 20.9 Å². The van der Waals surface area contributed by atoms with Crippen LogP contribution in [0.1, 0.15) is 56.4 Å². The molecule has 0 amide bonds. The highest BCUT2D eigenvalue weighted by atomic mass is 16.5. The third kappa shape index (κ3) is 3.50. The van der Waals surface area contributed by atoms with E-state index in [1.54, 1.807) is 0 Å². The van der Waals surface area contributed by atoms with Crippen LogP contribution in [-0.2, 0) is 16.2 Å². The highest BCUT2D eigenvalue weighted by Gasteiger charge is 2.64. The highest BCUT2D eigenvalue weighted by Crippen LogP contribution is 2.65. The van der Waals surface area contributed by atoms with Crippen LogP contribution >= 0.6 is 0 Å². The van der Waals surface area contributed by atoms with Crippen LogP contribution in [0, 0.1) is 0 Å². The SMILES string of the molecule is CC1(C)CC2(c3ccccc31)c1cccc(Oc3ccc(N)cc3)c1C(C)(C)C2Oc1ccc(N)cc1. The van der Waals surface area contributed by atoms with E-state index >= 15 is 0 Å². The summed E-state index contributed by atoms with van der Waals surface area (Å²) in [5.74, 6) is 2.45. The maximum Gasteiger partial charge on any atom is 0.131 e. The van der Waals surface area contributed by atoms with Crippen molar-refractivity contribution in [1.29, 1.82) is 0 Å². The zero-order chi connectivity index (χ0) is 26.0. The number of fused-ring (bicyclic) bond motifs is 4. The monoisotopic (exact) mass is 490 g/mol. The van der Waals surface area contributed by atoms with Gasteiger partial charge in [-0.1, -0.05) is 64.1 Å². The molecule has 0 saturated heterocycles. The minimum atomic E-state index is -0.353. The number of anilines is 2. The van der Waals surface area contributed by atoms with Gasteiger partial charge in [0.05, 0.1) is 5.41 Å². The lowest BCUT2D eigenvalue weighted by atomic mass is 9.70. The molecule has 1 spiro atoms. The second-order valence-corrected chi connectivity index (χ2v) is 11.7. The van der Waals surface area contributed by atoms with Crippen molar-refractivity contribution in [2.75, 3.05) is 11.5 Å². The zero-order valence-corrected chi connectivity index (χ0v) is 21.9. The molecule has 2 unspecified atom stereocenters. The van der Waals surface area contributed by atoms with Crippen LogP contribution in [0.5, 0.6) is 17.2 Å². The van der Waals surface area contributed by atoms with Gasteiger partial charge < -0.3 is 20.9 Å². The summed E-state index contributed by atoms with van der Waals surface area (Å²) >= 11 is 0. The molecule has 4 aromatic carbocycles. The van der Waals surface area contributed by atoms with Crippen molar-refractivity contribution in [3.8, 4) is 17.2 Å². The normalized spacial score (nSPS) is 22.4. The van der Waals surface area contributed by atoms with Crippen LogP contribution < -0.4 is 20.9 Å². The van der Waals surface area contributed by atoms with E-state index in [1.807, 2.05) is 48.5 Å². The van der Waals surface area contributed by atoms with Crippen LogP contribution in [0.25, 0.3) is 0 Å². The summed E-state index contributed by atoms with van der Waals surface area (Å²) in [7, 11) is 0. The molecule has 4 heteroatoms. The van der Waals surface area contributed by atoms with Crippen LogP contribution in [-0.4, -0.2) is 6.10 Å². The van der Waals surface area contributed by atoms with Gasteiger partial charge in [-0.2, -0.15) is 0 Å². The first-order valence-corrected chi connectivity index (χ1v) is 12.9. The summed E-state index contributed by atoms with van der Waals surface area (Å²) in [6, 6.07) is 30.7. The summed E-state index contributed by atoms with van der Waals surface area (Å²) in [5, 5.41) is 0. The average molecular weight is 491 g/mol. The lowest BCUT2D eigenvalue weighted by Crippen LogP contribution is -2.47. The van der Waals surface area contributed by atoms with Crippen LogP contribution in [0.3, 0.4) is 0 Å². The topological polar surface area (TPSA) is 70.5 Å². The molecular weight excluding hydrogens is 456 g/mol. The van der Waals surface area contributed by atoms with E-state index in [0.717, 1.165) is 29.4 Å². The van der Waals surface area contributed by atoms with E-state index in [0.29, 0.717) is 5.69 Å². The Bertz CT molecular complexity index is 1470. The molecule has 188 valence electrons. The molecule has 2 atom stereocenters. The first-order valence-electron chi connectivity index (χ1n) is 12.9. The number of benzene rings is 4. The van der Waals surface area contributed by atoms with Gasteiger partial charge in [0.2, 0.25) is 0 Å². The molecule has 0 saturated carbocycles. The number of hydrogen-bond acceptors (Lipinski definition) is 4. The standard InChI is InChI=1S/C33H34N2O2/c1-31(2)20-33(26-9-6-5-8-25(26)31)27-10-7-11-28(36-23-16-12-21(34)13-17-23)29(27)32(3,4)30(33)37-24-18-14-22(35)15-19-24/h5-19,30H,20,34-35H2,1-4H3. The zero-order valence-electron chi connectivity index (χ0n) is 21.9. The number of ether oxygens (including phenoxy) is 2. The predicted octanol–water partition coefficient (Wildman–Crippen LogP) is 7.35. The van der Waals surface area contributed by atoms with Gasteiger partial charge in [-0.05, 0) is 83.1 Å². The molecule has 0 bridgehead atoms. The van der Waals surface area contributed by atoms with Crippen molar-refractivity contribution < 1.29 is 9.47 Å². The molecular formula is C33H34N2O2. The fraction of sp³-hybridized carbons (Fsp3) is 0.273. The van der Waals surface area contributed by atoms with Crippen LogP contribution in [0.2, 0.25) is 0 Å². The van der Waals surface area contributed by atoms with Gasteiger partial charge in [0, 0.05) is 22.4 Å². The molecule has 0 fully saturated rings. The third-order valence-electron chi connectivity index (χ3n) is 8.35. The molecule has 0 heterocycles. The molecule has 2 aliphatic carbocycles. The largest absolute Gasteiger partial charge is 0.488 e. The fourth-order valence-electron chi connectivity index (χ4n) is 6.96. The average Bonchev–Trinajstić information content (AvgIpc) is 3.22. The summed E-state index contributed by atoms with van der Waals surface area (Å²) < 4.78 is 13.6. The van der Waals surface area contributed by atoms with Crippen LogP contribution in [0.4, 0.5) is 11.4 Å². The molecule has 6 rings (SSSR count). The van der Waals surface area contributed by atoms with Gasteiger partial charge >= 0.3 is 0 Å². The smallest absolute Gasteiger partial charge is 0.131 e. The van der Waals surface area contributed by atoms with E-state index in [9.17, 15) is 0 Å². The Balaban J connectivity index is 1.58. The van der Waals surface area contributed by atoms with Crippen LogP contribution in [0.15, 0.2) is 91.0 Å². The number of nitrogens with two attached hydrogens (primary N) is 2. The van der Waals surface area contributed by atoms with Crippen molar-refractivity contribution in [3.05, 3.63) is 113 Å². The van der Waals surface area contributed by atoms with Crippen molar-refractivity contribution in [3.63, 3.8) is 0 Å². The molecule has 37 heavy (non-hydrogen) atoms. The summed E-state index contributed by atoms with van der Waals surface area (Å²) in [6.07, 6.45) is 0.790. The fourth-order valence-corrected chi connectivity index (χ4v) is 6.96. The maximum atomic E-state index is 7.01. The van der Waals surface area contributed by atoms with Crippen molar-refractivity contribution in [2.24, 2.45) is 0 Å². The Labute approximate surface area is 219 Å². The molecule has 4 nitrogen and oxygen atoms in total. The number of nitrogen functional groups attached to an aromatic ring is 2. The Kier molecular flexibility index (Phi) is 5.10. The van der Waals surface area contributed by atoms with Gasteiger partial charge in [0.1, 0.15) is 23.4 Å². The van der Waals surface area contributed by atoms with E-state index < -0.39 is 0 Å². The lowest BCUT2D eigenvalue weighted by Gasteiger charge is -2.40. The summed E-state index contributed by atoms with van der Waals surface area (Å²) in [4.78, 5) is 0. The van der Waals surface area contributed by atoms with Crippen molar-refractivity contribution in [1.82, 2.24) is 0 Å². The van der Waals surface area contributed by atoms with Gasteiger partial charge in [0.15, 0.2) is 0 Å². The maximum absolute atomic E-state index is 7.01. The summed E-state index contributed by atoms with van der Waals surface area (Å²) in [5.41, 5.74) is 17.9. The third-order valence-corrected chi connectivity index (χ3v) is 8.35. The minimum Gasteiger partial charge on any atom is -0.488 e. The second-order valence-electron chi connectivity index (χ2n) is 11.7. The quantitative estimate of drug-likeness (QED) is 0.293. The first kappa shape index (κ1) is 23.5. The molecule has 0 aliphatic heterocycles. The highest BCUT2D eigenvalue weighted by molar-refractivity contribution is 5.65. The Morgan fingerprint density at radius 3 is 1.86 bits per heavy atom. The number of hydrogen-bond donors (Lipinski definition) is 2. The van der Waals surface area contributed by atoms with E-state index in [2.05, 4.69) is 70.2 Å². The van der Waals surface area contributed by atoms with Gasteiger partial charge in [0.25, 0.3) is 0 Å². The first-order chi connectivity index (χ1) is 17.6. The van der Waals surface area contributed by atoms with E-state index in [-0.39, 0.29) is 22.3 Å². The lowest BCUT2D eigenvalue weighted by molar-refractivity contribution is 0.0759. The summed E-state index contributed by atoms with van der Waals surface area (Å²) in [6.45, 7) is 9.26. The Morgan fingerprint density at radius 2 is 1.22 bits per heavy atom. The Hall–Kier alpha value is -3.92. The van der Waals surface area contributed by atoms with Gasteiger partial charge in [-0.15, -0.1) is 0 Å². The van der Waals surface area contributed by atoms with E-state index in [1.165, 1.54) is 22.3 Å². The molecule has 0 radical (unpaired) electrons. The van der Waals surface area contributed by atoms with Gasteiger partial charge in [-0.25, -0.2) is 0 Å². The molecule has 2 aliphatic rings. The van der Waals surface area contributed by atoms with Gasteiger partial charge in [-0.3, -0.25) is 0 Å². The number of rotatable bonds is 4. The predicted molar refractivity (Wildman–Crippen MR) is 151 cm³/mol. The molecule has 4 aromatic rings.